The molecule has 0 fully saturated rings. The van der Waals surface area contributed by atoms with Crippen molar-refractivity contribution in [1.82, 2.24) is 19.9 Å². The molecule has 3 heterocycles. The van der Waals surface area contributed by atoms with E-state index in [2.05, 4.69) is 96.0 Å². The zero-order valence-electron chi connectivity index (χ0n) is 26.2. The quantitative estimate of drug-likeness (QED) is 0.182. The monoisotopic (exact) mass is 626 g/mol. The number of aromatic nitrogens is 4. The van der Waals surface area contributed by atoms with Gasteiger partial charge < -0.3 is 4.42 Å². The molecule has 10 rings (SSSR count). The Kier molecular flexibility index (Phi) is 6.11. The molecule has 0 bridgehead atoms. The molecule has 0 aliphatic carbocycles. The Morgan fingerprint density at radius 3 is 1.94 bits per heavy atom. The van der Waals surface area contributed by atoms with Gasteiger partial charge in [0.05, 0.1) is 0 Å². The Morgan fingerprint density at radius 2 is 1.08 bits per heavy atom. The van der Waals surface area contributed by atoms with Gasteiger partial charge in [0.15, 0.2) is 17.5 Å². The first-order valence-electron chi connectivity index (χ1n) is 16.3. The van der Waals surface area contributed by atoms with Crippen molar-refractivity contribution >= 4 is 54.3 Å². The van der Waals surface area contributed by atoms with Gasteiger partial charge in [0, 0.05) is 45.2 Å². The van der Waals surface area contributed by atoms with Crippen molar-refractivity contribution in [3.63, 3.8) is 0 Å². The Balaban J connectivity index is 1.18. The van der Waals surface area contributed by atoms with Crippen LogP contribution in [0.3, 0.4) is 0 Å². The lowest BCUT2D eigenvalue weighted by atomic mass is 9.93. The molecule has 5 heteroatoms. The van der Waals surface area contributed by atoms with Gasteiger partial charge in [-0.3, -0.25) is 4.98 Å². The van der Waals surface area contributed by atoms with Gasteiger partial charge in [-0.05, 0) is 62.3 Å². The Labute approximate surface area is 281 Å². The van der Waals surface area contributed by atoms with Crippen LogP contribution in [0.5, 0.6) is 0 Å². The lowest BCUT2D eigenvalue weighted by Gasteiger charge is -2.14. The highest BCUT2D eigenvalue weighted by atomic mass is 16.3. The van der Waals surface area contributed by atoms with Crippen LogP contribution in [0.1, 0.15) is 0 Å². The van der Waals surface area contributed by atoms with E-state index in [4.69, 9.17) is 19.4 Å². The molecule has 0 saturated carbocycles. The first kappa shape index (κ1) is 27.4. The summed E-state index contributed by atoms with van der Waals surface area (Å²) in [4.78, 5) is 19.8. The molecule has 0 unspecified atom stereocenters. The third kappa shape index (κ3) is 4.48. The van der Waals surface area contributed by atoms with Crippen LogP contribution >= 0.6 is 0 Å². The van der Waals surface area contributed by atoms with Crippen LogP contribution in [-0.2, 0) is 0 Å². The van der Waals surface area contributed by atoms with E-state index in [-0.39, 0.29) is 0 Å². The molecule has 3 aromatic heterocycles. The van der Waals surface area contributed by atoms with E-state index in [1.165, 1.54) is 10.8 Å². The predicted molar refractivity (Wildman–Crippen MR) is 199 cm³/mol. The lowest BCUT2D eigenvalue weighted by molar-refractivity contribution is 0.669. The summed E-state index contributed by atoms with van der Waals surface area (Å²) in [5, 5.41) is 8.99. The minimum Gasteiger partial charge on any atom is -0.456 e. The molecule has 0 amide bonds. The zero-order chi connectivity index (χ0) is 32.3. The van der Waals surface area contributed by atoms with Gasteiger partial charge in [-0.1, -0.05) is 121 Å². The van der Waals surface area contributed by atoms with Gasteiger partial charge >= 0.3 is 0 Å². The summed E-state index contributed by atoms with van der Waals surface area (Å²) in [6.07, 6.45) is 3.79. The summed E-state index contributed by atoms with van der Waals surface area (Å²) in [7, 11) is 0. The Morgan fingerprint density at radius 1 is 0.388 bits per heavy atom. The van der Waals surface area contributed by atoms with E-state index < -0.39 is 0 Å². The average Bonchev–Trinajstić information content (AvgIpc) is 3.57. The molecule has 49 heavy (non-hydrogen) atoms. The summed E-state index contributed by atoms with van der Waals surface area (Å²) >= 11 is 0. The molecule has 0 saturated heterocycles. The number of furan rings is 1. The van der Waals surface area contributed by atoms with E-state index in [0.717, 1.165) is 71.3 Å². The van der Waals surface area contributed by atoms with Crippen molar-refractivity contribution in [2.45, 2.75) is 0 Å². The largest absolute Gasteiger partial charge is 0.456 e. The van der Waals surface area contributed by atoms with Crippen molar-refractivity contribution in [3.8, 4) is 45.3 Å². The molecule has 0 radical (unpaired) electrons. The fourth-order valence-corrected chi connectivity index (χ4v) is 7.10. The summed E-state index contributed by atoms with van der Waals surface area (Å²) in [6, 6.07) is 50.1. The number of hydrogen-bond donors (Lipinski definition) is 0. The van der Waals surface area contributed by atoms with Gasteiger partial charge in [-0.2, -0.15) is 0 Å². The fourth-order valence-electron chi connectivity index (χ4n) is 7.10. The minimum absolute atomic E-state index is 0.617. The Bertz CT molecular complexity index is 2860. The average molecular weight is 627 g/mol. The highest BCUT2D eigenvalue weighted by Gasteiger charge is 2.18. The van der Waals surface area contributed by atoms with E-state index >= 15 is 0 Å². The molecule has 10 aromatic rings. The third-order valence-electron chi connectivity index (χ3n) is 9.41. The number of nitrogens with zero attached hydrogens (tertiary/aromatic N) is 4. The van der Waals surface area contributed by atoms with Crippen molar-refractivity contribution in [2.24, 2.45) is 0 Å². The van der Waals surface area contributed by atoms with Crippen LogP contribution in [0.25, 0.3) is 99.5 Å². The maximum absolute atomic E-state index is 6.17. The number of benzene rings is 7. The van der Waals surface area contributed by atoms with Crippen LogP contribution in [0.15, 0.2) is 162 Å². The first-order valence-corrected chi connectivity index (χ1v) is 16.3. The standard InChI is InChI=1S/C44H26N4O/c1-2-10-29(11-3-1)42-46-43(30-19-17-28(18-20-30)33-14-8-16-39-41(33)35-13-6-7-15-38(35)49-39)48-44(47-42)36-25-31-23-24-45-26-37(31)40-32-12-5-4-9-27(32)21-22-34(36)40/h1-26H. The van der Waals surface area contributed by atoms with Crippen molar-refractivity contribution < 1.29 is 4.42 Å². The SMILES string of the molecule is c1ccc(-c2nc(-c3ccc(-c4cccc5oc6ccccc6c45)cc3)nc(-c3cc4ccncc4c4c3ccc3ccccc34)n2)cc1. The number of pyridine rings is 1. The number of fused-ring (bicyclic) bond motifs is 8. The summed E-state index contributed by atoms with van der Waals surface area (Å²) < 4.78 is 6.17. The maximum atomic E-state index is 6.17. The van der Waals surface area contributed by atoms with Crippen LogP contribution in [0.4, 0.5) is 0 Å². The molecule has 0 atom stereocenters. The molecule has 5 nitrogen and oxygen atoms in total. The van der Waals surface area contributed by atoms with Crippen LogP contribution < -0.4 is 0 Å². The summed E-state index contributed by atoms with van der Waals surface area (Å²) in [5.74, 6) is 1.87. The van der Waals surface area contributed by atoms with Crippen LogP contribution in [-0.4, -0.2) is 19.9 Å². The number of hydrogen-bond acceptors (Lipinski definition) is 5. The highest BCUT2D eigenvalue weighted by molar-refractivity contribution is 6.23. The fraction of sp³-hybridized carbons (Fsp3) is 0. The van der Waals surface area contributed by atoms with Crippen molar-refractivity contribution in [2.75, 3.05) is 0 Å². The summed E-state index contributed by atoms with van der Waals surface area (Å²) in [6.45, 7) is 0. The van der Waals surface area contributed by atoms with E-state index in [0.29, 0.717) is 17.5 Å². The van der Waals surface area contributed by atoms with E-state index in [1.807, 2.05) is 67.0 Å². The van der Waals surface area contributed by atoms with Gasteiger partial charge in [0.1, 0.15) is 11.2 Å². The first-order chi connectivity index (χ1) is 24.3. The molecule has 0 aliphatic heterocycles. The predicted octanol–water partition coefficient (Wildman–Crippen LogP) is 11.3. The molecule has 228 valence electrons. The van der Waals surface area contributed by atoms with E-state index in [1.54, 1.807) is 0 Å². The second kappa shape index (κ2) is 10.9. The van der Waals surface area contributed by atoms with Gasteiger partial charge in [-0.15, -0.1) is 0 Å². The lowest BCUT2D eigenvalue weighted by Crippen LogP contribution is -2.01. The van der Waals surface area contributed by atoms with Gasteiger partial charge in [0.25, 0.3) is 0 Å². The second-order valence-electron chi connectivity index (χ2n) is 12.3. The van der Waals surface area contributed by atoms with E-state index in [9.17, 15) is 0 Å². The summed E-state index contributed by atoms with van der Waals surface area (Å²) in [5.41, 5.74) is 6.78. The molecule has 0 spiro atoms. The third-order valence-corrected chi connectivity index (χ3v) is 9.41. The van der Waals surface area contributed by atoms with Crippen LogP contribution in [0.2, 0.25) is 0 Å². The van der Waals surface area contributed by atoms with Crippen molar-refractivity contribution in [3.05, 3.63) is 158 Å². The smallest absolute Gasteiger partial charge is 0.164 e. The maximum Gasteiger partial charge on any atom is 0.164 e. The zero-order valence-corrected chi connectivity index (χ0v) is 26.2. The second-order valence-corrected chi connectivity index (χ2v) is 12.3. The van der Waals surface area contributed by atoms with Gasteiger partial charge in [0.2, 0.25) is 0 Å². The van der Waals surface area contributed by atoms with Gasteiger partial charge in [-0.25, -0.2) is 15.0 Å². The number of para-hydroxylation sites is 1. The molecule has 7 aromatic carbocycles. The number of rotatable bonds is 4. The molecule has 0 aliphatic rings. The molecule has 0 N–H and O–H groups in total. The highest BCUT2D eigenvalue weighted by Crippen LogP contribution is 2.40. The minimum atomic E-state index is 0.617. The normalized spacial score (nSPS) is 11.7. The topological polar surface area (TPSA) is 64.7 Å². The Hall–Kier alpha value is -6.72. The molecular formula is C44H26N4O. The molecular weight excluding hydrogens is 601 g/mol. The van der Waals surface area contributed by atoms with Crippen LogP contribution in [0, 0.1) is 0 Å². The van der Waals surface area contributed by atoms with Crippen molar-refractivity contribution in [1.29, 1.82) is 0 Å².